The first-order chi connectivity index (χ1) is 14.9. The van der Waals surface area contributed by atoms with Crippen molar-refractivity contribution in [1.29, 1.82) is 0 Å². The van der Waals surface area contributed by atoms with Crippen LogP contribution in [0.5, 0.6) is 0 Å². The lowest BCUT2D eigenvalue weighted by Gasteiger charge is -2.07. The third kappa shape index (κ3) is 4.88. The zero-order chi connectivity index (χ0) is 22.0. The van der Waals surface area contributed by atoms with E-state index in [0.717, 1.165) is 33.3 Å². The van der Waals surface area contributed by atoms with Crippen molar-refractivity contribution in [3.05, 3.63) is 75.4 Å². The number of rotatable bonds is 6. The summed E-state index contributed by atoms with van der Waals surface area (Å²) in [6.45, 7) is 5.97. The Morgan fingerprint density at radius 2 is 1.81 bits per heavy atom. The number of hydrogen-bond donors (Lipinski definition) is 2. The fourth-order valence-electron chi connectivity index (χ4n) is 3.62. The van der Waals surface area contributed by atoms with E-state index in [9.17, 15) is 9.59 Å². The van der Waals surface area contributed by atoms with Gasteiger partial charge in [-0.15, -0.1) is 0 Å². The summed E-state index contributed by atoms with van der Waals surface area (Å²) < 4.78 is 5.29. The highest BCUT2D eigenvalue weighted by atomic mass is 16.5. The minimum Gasteiger partial charge on any atom is -0.339 e. The van der Waals surface area contributed by atoms with Crippen LogP contribution >= 0.6 is 0 Å². The number of carbonyl (C=O) groups is 1. The number of aryl methyl sites for hydroxylation is 4. The van der Waals surface area contributed by atoms with Gasteiger partial charge in [0.2, 0.25) is 17.6 Å². The van der Waals surface area contributed by atoms with E-state index < -0.39 is 0 Å². The van der Waals surface area contributed by atoms with E-state index in [1.165, 1.54) is 0 Å². The van der Waals surface area contributed by atoms with E-state index >= 15 is 0 Å². The third-order valence-corrected chi connectivity index (χ3v) is 5.01. The third-order valence-electron chi connectivity index (χ3n) is 5.01. The molecule has 0 aliphatic carbocycles. The number of aromatic amines is 1. The molecule has 0 saturated heterocycles. The summed E-state index contributed by atoms with van der Waals surface area (Å²) in [6.07, 6.45) is 1.35. The van der Waals surface area contributed by atoms with Gasteiger partial charge in [-0.25, -0.2) is 0 Å². The fraction of sp³-hybridized carbons (Fsp3) is 0.250. The van der Waals surface area contributed by atoms with E-state index in [0.29, 0.717) is 30.7 Å². The zero-order valence-corrected chi connectivity index (χ0v) is 17.8. The van der Waals surface area contributed by atoms with Crippen molar-refractivity contribution in [2.45, 2.75) is 40.0 Å². The number of hydrogen-bond acceptors (Lipinski definition) is 5. The molecule has 0 aliphatic heterocycles. The van der Waals surface area contributed by atoms with Gasteiger partial charge in [0.1, 0.15) is 0 Å². The molecule has 0 fully saturated rings. The van der Waals surface area contributed by atoms with Crippen molar-refractivity contribution in [3.8, 4) is 11.4 Å². The predicted molar refractivity (Wildman–Crippen MR) is 120 cm³/mol. The van der Waals surface area contributed by atoms with Gasteiger partial charge in [0.05, 0.1) is 5.56 Å². The van der Waals surface area contributed by atoms with Crippen LogP contribution in [-0.2, 0) is 11.2 Å². The van der Waals surface area contributed by atoms with E-state index in [1.807, 2.05) is 51.1 Å². The van der Waals surface area contributed by atoms with Crippen LogP contribution in [0.25, 0.3) is 22.3 Å². The number of H-pyrrole nitrogens is 1. The van der Waals surface area contributed by atoms with Gasteiger partial charge in [-0.3, -0.25) is 9.59 Å². The molecule has 4 aromatic rings. The SMILES string of the molecule is Cc1cc(C)cc(NC(=O)CCCc2nc(-c3cc4ccc(C)cc4[nH]c3=O)no2)c1. The number of anilines is 1. The largest absolute Gasteiger partial charge is 0.339 e. The second-order valence-electron chi connectivity index (χ2n) is 7.89. The molecule has 31 heavy (non-hydrogen) atoms. The molecule has 4 rings (SSSR count). The maximum atomic E-state index is 12.4. The minimum absolute atomic E-state index is 0.0639. The second-order valence-corrected chi connectivity index (χ2v) is 7.89. The first-order valence-electron chi connectivity index (χ1n) is 10.2. The molecule has 0 spiro atoms. The minimum atomic E-state index is -0.265. The molecule has 2 aromatic heterocycles. The monoisotopic (exact) mass is 416 g/mol. The maximum absolute atomic E-state index is 12.4. The molecule has 0 atom stereocenters. The molecule has 2 heterocycles. The Balaban J connectivity index is 1.39. The van der Waals surface area contributed by atoms with Crippen molar-refractivity contribution >= 4 is 22.5 Å². The Morgan fingerprint density at radius 1 is 1.03 bits per heavy atom. The van der Waals surface area contributed by atoms with Gasteiger partial charge >= 0.3 is 0 Å². The van der Waals surface area contributed by atoms with Crippen LogP contribution in [0.15, 0.2) is 51.8 Å². The van der Waals surface area contributed by atoms with Crippen molar-refractivity contribution in [2.75, 3.05) is 5.32 Å². The number of nitrogens with zero attached hydrogens (tertiary/aromatic N) is 2. The van der Waals surface area contributed by atoms with Crippen LogP contribution < -0.4 is 10.9 Å². The normalized spacial score (nSPS) is 11.1. The smallest absolute Gasteiger partial charge is 0.259 e. The summed E-state index contributed by atoms with van der Waals surface area (Å²) >= 11 is 0. The topological polar surface area (TPSA) is 101 Å². The Hall–Kier alpha value is -3.74. The molecule has 7 nitrogen and oxygen atoms in total. The summed E-state index contributed by atoms with van der Waals surface area (Å²) in [5.74, 6) is 0.585. The molecular weight excluding hydrogens is 392 g/mol. The van der Waals surface area contributed by atoms with Crippen molar-refractivity contribution < 1.29 is 9.32 Å². The lowest BCUT2D eigenvalue weighted by Crippen LogP contribution is -2.11. The molecule has 0 radical (unpaired) electrons. The maximum Gasteiger partial charge on any atom is 0.259 e. The average Bonchev–Trinajstić information content (AvgIpc) is 3.15. The predicted octanol–water partition coefficient (Wildman–Crippen LogP) is 4.46. The number of pyridine rings is 1. The summed E-state index contributed by atoms with van der Waals surface area (Å²) in [5, 5.41) is 7.77. The van der Waals surface area contributed by atoms with Gasteiger partial charge in [0, 0.05) is 24.0 Å². The summed E-state index contributed by atoms with van der Waals surface area (Å²) in [4.78, 5) is 31.9. The molecule has 2 aromatic carbocycles. The first-order valence-corrected chi connectivity index (χ1v) is 10.2. The van der Waals surface area contributed by atoms with Crippen molar-refractivity contribution in [2.24, 2.45) is 0 Å². The second kappa shape index (κ2) is 8.55. The van der Waals surface area contributed by atoms with E-state index in [2.05, 4.69) is 26.5 Å². The summed E-state index contributed by atoms with van der Waals surface area (Å²) in [7, 11) is 0. The number of benzene rings is 2. The van der Waals surface area contributed by atoms with Crippen LogP contribution in [0.1, 0.15) is 35.4 Å². The van der Waals surface area contributed by atoms with E-state index in [-0.39, 0.29) is 17.3 Å². The molecule has 0 aliphatic rings. The molecule has 0 unspecified atom stereocenters. The number of nitrogens with one attached hydrogen (secondary N) is 2. The quantitative estimate of drug-likeness (QED) is 0.483. The van der Waals surface area contributed by atoms with Gasteiger partial charge < -0.3 is 14.8 Å². The van der Waals surface area contributed by atoms with Gasteiger partial charge in [0.25, 0.3) is 5.56 Å². The Bertz CT molecular complexity index is 1300. The Kier molecular flexibility index (Phi) is 5.66. The van der Waals surface area contributed by atoms with Crippen LogP contribution in [0.4, 0.5) is 5.69 Å². The molecule has 0 saturated carbocycles. The highest BCUT2D eigenvalue weighted by Gasteiger charge is 2.14. The Morgan fingerprint density at radius 3 is 2.58 bits per heavy atom. The molecule has 1 amide bonds. The van der Waals surface area contributed by atoms with Gasteiger partial charge in [-0.2, -0.15) is 4.98 Å². The van der Waals surface area contributed by atoms with Crippen LogP contribution in [0, 0.1) is 20.8 Å². The van der Waals surface area contributed by atoms with Crippen LogP contribution in [0.3, 0.4) is 0 Å². The number of aromatic nitrogens is 3. The lowest BCUT2D eigenvalue weighted by molar-refractivity contribution is -0.116. The van der Waals surface area contributed by atoms with Crippen LogP contribution in [-0.4, -0.2) is 21.0 Å². The summed E-state index contributed by atoms with van der Waals surface area (Å²) in [5.41, 5.74) is 4.94. The Labute approximate surface area is 179 Å². The highest BCUT2D eigenvalue weighted by molar-refractivity contribution is 5.90. The first kappa shape index (κ1) is 20.5. The highest BCUT2D eigenvalue weighted by Crippen LogP contribution is 2.19. The van der Waals surface area contributed by atoms with Crippen LogP contribution in [0.2, 0.25) is 0 Å². The van der Waals surface area contributed by atoms with E-state index in [1.54, 1.807) is 6.07 Å². The molecular formula is C24H24N4O3. The standard InChI is InChI=1S/C24H24N4O3/c1-14-7-8-17-13-19(24(30)26-20(17)12-14)23-27-22(31-28-23)6-4-5-21(29)25-18-10-15(2)9-16(3)11-18/h7-13H,4-6H2,1-3H3,(H,25,29)(H,26,30). The molecule has 0 bridgehead atoms. The average molecular weight is 416 g/mol. The lowest BCUT2D eigenvalue weighted by atomic mass is 10.1. The molecule has 158 valence electrons. The van der Waals surface area contributed by atoms with Crippen molar-refractivity contribution in [1.82, 2.24) is 15.1 Å². The van der Waals surface area contributed by atoms with E-state index in [4.69, 9.17) is 4.52 Å². The number of carbonyl (C=O) groups excluding carboxylic acids is 1. The summed E-state index contributed by atoms with van der Waals surface area (Å²) in [6, 6.07) is 13.6. The number of fused-ring (bicyclic) bond motifs is 1. The van der Waals surface area contributed by atoms with Crippen molar-refractivity contribution in [3.63, 3.8) is 0 Å². The van der Waals surface area contributed by atoms with Gasteiger partial charge in [-0.05, 0) is 73.5 Å². The fourth-order valence-corrected chi connectivity index (χ4v) is 3.62. The number of amides is 1. The molecule has 2 N–H and O–H groups in total. The molecule has 7 heteroatoms. The van der Waals surface area contributed by atoms with Gasteiger partial charge in [0.15, 0.2) is 0 Å². The van der Waals surface area contributed by atoms with Gasteiger partial charge in [-0.1, -0.05) is 23.4 Å². The zero-order valence-electron chi connectivity index (χ0n) is 17.8.